The number of nitrogens with one attached hydrogen (secondary N) is 1. The zero-order valence-corrected chi connectivity index (χ0v) is 11.2. The van der Waals surface area contributed by atoms with Crippen molar-refractivity contribution in [3.05, 3.63) is 17.0 Å². The van der Waals surface area contributed by atoms with Crippen molar-refractivity contribution in [2.24, 2.45) is 5.41 Å². The van der Waals surface area contributed by atoms with E-state index in [-0.39, 0.29) is 0 Å². The van der Waals surface area contributed by atoms with E-state index in [0.29, 0.717) is 10.6 Å². The molecule has 1 rings (SSSR count). The monoisotopic (exact) mass is 241 g/mol. The minimum Gasteiger partial charge on any atom is -0.370 e. The van der Waals surface area contributed by atoms with Crippen LogP contribution in [0.3, 0.4) is 0 Å². The summed E-state index contributed by atoms with van der Waals surface area (Å²) < 4.78 is 0. The molecule has 90 valence electrons. The highest BCUT2D eigenvalue weighted by molar-refractivity contribution is 6.29. The van der Waals surface area contributed by atoms with E-state index in [2.05, 4.69) is 36.1 Å². The lowest BCUT2D eigenvalue weighted by Crippen LogP contribution is -2.14. The SMILES string of the molecule is CCc1nc(Cl)cc(NCCC(C)(C)C)n1. The Morgan fingerprint density at radius 3 is 2.56 bits per heavy atom. The van der Waals surface area contributed by atoms with E-state index in [4.69, 9.17) is 11.6 Å². The Bertz CT molecular complexity index is 345. The second kappa shape index (κ2) is 5.48. The number of halogens is 1. The van der Waals surface area contributed by atoms with Gasteiger partial charge in [-0.05, 0) is 11.8 Å². The molecule has 0 radical (unpaired) electrons. The van der Waals surface area contributed by atoms with Gasteiger partial charge in [-0.15, -0.1) is 0 Å². The molecule has 0 aliphatic carbocycles. The molecule has 0 aliphatic heterocycles. The van der Waals surface area contributed by atoms with Crippen LogP contribution in [0.1, 0.15) is 39.9 Å². The van der Waals surface area contributed by atoms with E-state index in [0.717, 1.165) is 31.0 Å². The average molecular weight is 242 g/mol. The van der Waals surface area contributed by atoms with Gasteiger partial charge < -0.3 is 5.32 Å². The predicted molar refractivity (Wildman–Crippen MR) is 69.0 cm³/mol. The summed E-state index contributed by atoms with van der Waals surface area (Å²) in [6, 6.07) is 1.77. The van der Waals surface area contributed by atoms with E-state index in [1.165, 1.54) is 0 Å². The third-order valence-electron chi connectivity index (χ3n) is 2.24. The van der Waals surface area contributed by atoms with E-state index in [1.807, 2.05) is 6.92 Å². The molecule has 4 heteroatoms. The molecular weight excluding hydrogens is 222 g/mol. The van der Waals surface area contributed by atoms with Crippen LogP contribution in [0.4, 0.5) is 5.82 Å². The maximum Gasteiger partial charge on any atom is 0.134 e. The van der Waals surface area contributed by atoms with Crippen molar-refractivity contribution in [2.75, 3.05) is 11.9 Å². The number of hydrogen-bond acceptors (Lipinski definition) is 3. The predicted octanol–water partition coefficient (Wildman–Crippen LogP) is 3.54. The highest BCUT2D eigenvalue weighted by Crippen LogP contribution is 2.18. The molecule has 0 unspecified atom stereocenters. The number of aryl methyl sites for hydroxylation is 1. The Morgan fingerprint density at radius 2 is 2.00 bits per heavy atom. The highest BCUT2D eigenvalue weighted by Gasteiger charge is 2.09. The normalized spacial score (nSPS) is 11.6. The molecular formula is C12H20ClN3. The molecule has 0 saturated carbocycles. The van der Waals surface area contributed by atoms with E-state index >= 15 is 0 Å². The lowest BCUT2D eigenvalue weighted by atomic mass is 9.92. The minimum atomic E-state index is 0.331. The molecule has 0 fully saturated rings. The molecule has 1 aromatic rings. The van der Waals surface area contributed by atoms with Crippen LogP contribution in [0.15, 0.2) is 6.07 Å². The summed E-state index contributed by atoms with van der Waals surface area (Å²) in [5.41, 5.74) is 0.331. The van der Waals surface area contributed by atoms with Crippen LogP contribution in [-0.2, 0) is 6.42 Å². The quantitative estimate of drug-likeness (QED) is 0.820. The third-order valence-corrected chi connectivity index (χ3v) is 2.43. The fourth-order valence-corrected chi connectivity index (χ4v) is 1.48. The molecule has 16 heavy (non-hydrogen) atoms. The van der Waals surface area contributed by atoms with E-state index < -0.39 is 0 Å². The van der Waals surface area contributed by atoms with Gasteiger partial charge in [-0.2, -0.15) is 0 Å². The van der Waals surface area contributed by atoms with Crippen LogP contribution in [0.25, 0.3) is 0 Å². The van der Waals surface area contributed by atoms with Crippen molar-refractivity contribution >= 4 is 17.4 Å². The van der Waals surface area contributed by atoms with Gasteiger partial charge in [0.25, 0.3) is 0 Å². The summed E-state index contributed by atoms with van der Waals surface area (Å²) in [4.78, 5) is 8.49. The molecule has 1 N–H and O–H groups in total. The summed E-state index contributed by atoms with van der Waals surface area (Å²) in [6.07, 6.45) is 1.89. The van der Waals surface area contributed by atoms with Gasteiger partial charge in [-0.25, -0.2) is 9.97 Å². The second-order valence-corrected chi connectivity index (χ2v) is 5.47. The summed E-state index contributed by atoms with van der Waals surface area (Å²) in [5.74, 6) is 1.60. The smallest absolute Gasteiger partial charge is 0.134 e. The first-order valence-electron chi connectivity index (χ1n) is 5.68. The first-order chi connectivity index (χ1) is 7.40. The number of anilines is 1. The number of aromatic nitrogens is 2. The molecule has 0 aromatic carbocycles. The van der Waals surface area contributed by atoms with Crippen molar-refractivity contribution in [1.82, 2.24) is 9.97 Å². The molecule has 3 nitrogen and oxygen atoms in total. The average Bonchev–Trinajstić information content (AvgIpc) is 2.14. The Morgan fingerprint density at radius 1 is 1.31 bits per heavy atom. The zero-order chi connectivity index (χ0) is 12.2. The van der Waals surface area contributed by atoms with Gasteiger partial charge in [-0.3, -0.25) is 0 Å². The van der Waals surface area contributed by atoms with Crippen LogP contribution in [0.5, 0.6) is 0 Å². The maximum atomic E-state index is 5.91. The fourth-order valence-electron chi connectivity index (χ4n) is 1.28. The molecule has 0 saturated heterocycles. The number of nitrogens with zero attached hydrogens (tertiary/aromatic N) is 2. The van der Waals surface area contributed by atoms with Crippen molar-refractivity contribution in [3.8, 4) is 0 Å². The van der Waals surface area contributed by atoms with Gasteiger partial charge in [-0.1, -0.05) is 39.3 Å². The van der Waals surface area contributed by atoms with Crippen molar-refractivity contribution in [1.29, 1.82) is 0 Å². The highest BCUT2D eigenvalue weighted by atomic mass is 35.5. The summed E-state index contributed by atoms with van der Waals surface area (Å²) in [6.45, 7) is 9.59. The Labute approximate surface area is 103 Å². The lowest BCUT2D eigenvalue weighted by Gasteiger charge is -2.18. The van der Waals surface area contributed by atoms with Gasteiger partial charge in [0.2, 0.25) is 0 Å². The van der Waals surface area contributed by atoms with Crippen molar-refractivity contribution in [2.45, 2.75) is 40.5 Å². The minimum absolute atomic E-state index is 0.331. The van der Waals surface area contributed by atoms with Crippen molar-refractivity contribution in [3.63, 3.8) is 0 Å². The van der Waals surface area contributed by atoms with Crippen LogP contribution in [0.2, 0.25) is 5.15 Å². The maximum absolute atomic E-state index is 5.91. The Kier molecular flexibility index (Phi) is 4.54. The molecule has 0 aliphatic rings. The van der Waals surface area contributed by atoms with Crippen molar-refractivity contribution < 1.29 is 0 Å². The number of hydrogen-bond donors (Lipinski definition) is 1. The van der Waals surface area contributed by atoms with Gasteiger partial charge in [0.05, 0.1) is 0 Å². The first kappa shape index (κ1) is 13.2. The van der Waals surface area contributed by atoms with E-state index in [9.17, 15) is 0 Å². The topological polar surface area (TPSA) is 37.8 Å². The Hall–Kier alpha value is -0.830. The van der Waals surface area contributed by atoms with Crippen LogP contribution >= 0.6 is 11.6 Å². The largest absolute Gasteiger partial charge is 0.370 e. The number of rotatable bonds is 4. The van der Waals surface area contributed by atoms with Crippen LogP contribution in [-0.4, -0.2) is 16.5 Å². The molecule has 0 spiro atoms. The van der Waals surface area contributed by atoms with E-state index in [1.54, 1.807) is 6.07 Å². The van der Waals surface area contributed by atoms with Crippen LogP contribution < -0.4 is 5.32 Å². The van der Waals surface area contributed by atoms with Gasteiger partial charge in [0.1, 0.15) is 16.8 Å². The molecule has 1 heterocycles. The first-order valence-corrected chi connectivity index (χ1v) is 6.06. The third kappa shape index (κ3) is 4.79. The zero-order valence-electron chi connectivity index (χ0n) is 10.5. The molecule has 0 bridgehead atoms. The molecule has 0 amide bonds. The summed E-state index contributed by atoms with van der Waals surface area (Å²) in [5, 5.41) is 3.79. The summed E-state index contributed by atoms with van der Waals surface area (Å²) in [7, 11) is 0. The second-order valence-electron chi connectivity index (χ2n) is 5.08. The van der Waals surface area contributed by atoms with Crippen LogP contribution in [0, 0.1) is 5.41 Å². The van der Waals surface area contributed by atoms with Gasteiger partial charge in [0.15, 0.2) is 0 Å². The fraction of sp³-hybridized carbons (Fsp3) is 0.667. The summed E-state index contributed by atoms with van der Waals surface area (Å²) >= 11 is 5.91. The standard InChI is InChI=1S/C12H20ClN3/c1-5-10-15-9(13)8-11(16-10)14-7-6-12(2,3)4/h8H,5-7H2,1-4H3,(H,14,15,16). The molecule has 0 atom stereocenters. The van der Waals surface area contributed by atoms with Gasteiger partial charge >= 0.3 is 0 Å². The Balaban J connectivity index is 2.57. The van der Waals surface area contributed by atoms with Gasteiger partial charge in [0, 0.05) is 19.0 Å². The lowest BCUT2D eigenvalue weighted by molar-refractivity contribution is 0.389. The molecule has 1 aromatic heterocycles.